The van der Waals surface area contributed by atoms with Crippen LogP contribution in [0.5, 0.6) is 0 Å². The highest BCUT2D eigenvalue weighted by Gasteiger charge is 2.12. The van der Waals surface area contributed by atoms with Crippen molar-refractivity contribution in [2.75, 3.05) is 0 Å². The number of rotatable bonds is 7. The molecular formula is C13H17N3OS. The van der Waals surface area contributed by atoms with Crippen molar-refractivity contribution in [1.82, 2.24) is 15.0 Å². The Hall–Kier alpha value is -1.49. The van der Waals surface area contributed by atoms with E-state index in [4.69, 9.17) is 0 Å². The van der Waals surface area contributed by atoms with Gasteiger partial charge in [-0.2, -0.15) is 0 Å². The van der Waals surface area contributed by atoms with E-state index in [1.165, 1.54) is 17.7 Å². The SMILES string of the molecule is CCCCCn1nnc(C=O)c1Cc1cccs1. The molecule has 0 unspecified atom stereocenters. The maximum atomic E-state index is 11.0. The Morgan fingerprint density at radius 2 is 2.33 bits per heavy atom. The van der Waals surface area contributed by atoms with Crippen molar-refractivity contribution in [1.29, 1.82) is 0 Å². The van der Waals surface area contributed by atoms with Gasteiger partial charge >= 0.3 is 0 Å². The second-order valence-electron chi connectivity index (χ2n) is 4.23. The summed E-state index contributed by atoms with van der Waals surface area (Å²) in [4.78, 5) is 12.2. The van der Waals surface area contributed by atoms with Crippen molar-refractivity contribution >= 4 is 17.6 Å². The van der Waals surface area contributed by atoms with E-state index >= 15 is 0 Å². The summed E-state index contributed by atoms with van der Waals surface area (Å²) in [7, 11) is 0. The lowest BCUT2D eigenvalue weighted by molar-refractivity contribution is 0.111. The molecule has 0 aliphatic rings. The molecule has 0 aliphatic carbocycles. The van der Waals surface area contributed by atoms with Crippen molar-refractivity contribution in [2.24, 2.45) is 0 Å². The molecular weight excluding hydrogens is 246 g/mol. The third-order valence-corrected chi connectivity index (χ3v) is 3.75. The number of unbranched alkanes of at least 4 members (excludes halogenated alkanes) is 2. The molecule has 2 aromatic heterocycles. The van der Waals surface area contributed by atoms with Crippen molar-refractivity contribution in [3.63, 3.8) is 0 Å². The van der Waals surface area contributed by atoms with Crippen molar-refractivity contribution in [3.8, 4) is 0 Å². The zero-order valence-corrected chi connectivity index (χ0v) is 11.3. The quantitative estimate of drug-likeness (QED) is 0.570. The van der Waals surface area contributed by atoms with Crippen LogP contribution >= 0.6 is 11.3 Å². The fourth-order valence-electron chi connectivity index (χ4n) is 1.89. The molecule has 0 bridgehead atoms. The van der Waals surface area contributed by atoms with Gasteiger partial charge in [0.1, 0.15) is 5.69 Å². The monoisotopic (exact) mass is 263 g/mol. The van der Waals surface area contributed by atoms with E-state index < -0.39 is 0 Å². The van der Waals surface area contributed by atoms with Gasteiger partial charge in [0, 0.05) is 17.8 Å². The Labute approximate surface area is 111 Å². The Morgan fingerprint density at radius 3 is 3.00 bits per heavy atom. The van der Waals surface area contributed by atoms with Crippen LogP contribution in [-0.4, -0.2) is 21.3 Å². The first-order valence-electron chi connectivity index (χ1n) is 6.25. The summed E-state index contributed by atoms with van der Waals surface area (Å²) in [5.41, 5.74) is 1.41. The van der Waals surface area contributed by atoms with E-state index in [0.29, 0.717) is 5.69 Å². The molecule has 2 aromatic rings. The molecule has 0 saturated carbocycles. The second-order valence-corrected chi connectivity index (χ2v) is 5.26. The van der Waals surface area contributed by atoms with Crippen molar-refractivity contribution in [3.05, 3.63) is 33.8 Å². The van der Waals surface area contributed by atoms with E-state index in [1.807, 2.05) is 16.1 Å². The zero-order chi connectivity index (χ0) is 12.8. The van der Waals surface area contributed by atoms with Crippen LogP contribution in [0.4, 0.5) is 0 Å². The number of carbonyl (C=O) groups is 1. The number of aldehydes is 1. The normalized spacial score (nSPS) is 10.7. The summed E-state index contributed by atoms with van der Waals surface area (Å²) in [6, 6.07) is 4.09. The molecule has 0 aliphatic heterocycles. The topological polar surface area (TPSA) is 47.8 Å². The number of hydrogen-bond donors (Lipinski definition) is 0. The maximum Gasteiger partial charge on any atom is 0.172 e. The average molecular weight is 263 g/mol. The standard InChI is InChI=1S/C13H17N3OS/c1-2-3-4-7-16-13(12(10-17)14-15-16)9-11-6-5-8-18-11/h5-6,8,10H,2-4,7,9H2,1H3. The third-order valence-electron chi connectivity index (χ3n) is 2.87. The minimum Gasteiger partial charge on any atom is -0.296 e. The van der Waals surface area contributed by atoms with Crippen LogP contribution in [0.15, 0.2) is 17.5 Å². The number of aromatic nitrogens is 3. The molecule has 5 heteroatoms. The molecule has 0 radical (unpaired) electrons. The molecule has 0 atom stereocenters. The van der Waals surface area contributed by atoms with E-state index in [2.05, 4.69) is 23.3 Å². The zero-order valence-electron chi connectivity index (χ0n) is 10.5. The third kappa shape index (κ3) is 3.04. The van der Waals surface area contributed by atoms with Crippen LogP contribution in [0.1, 0.15) is 47.2 Å². The Bertz CT molecular complexity index is 490. The smallest absolute Gasteiger partial charge is 0.172 e. The van der Waals surface area contributed by atoms with Crippen LogP contribution in [0.2, 0.25) is 0 Å². The number of nitrogens with zero attached hydrogens (tertiary/aromatic N) is 3. The van der Waals surface area contributed by atoms with Crippen LogP contribution in [0.3, 0.4) is 0 Å². The summed E-state index contributed by atoms with van der Waals surface area (Å²) >= 11 is 1.69. The number of aryl methyl sites for hydroxylation is 1. The van der Waals surface area contributed by atoms with Crippen LogP contribution in [0, 0.1) is 0 Å². The van der Waals surface area contributed by atoms with Gasteiger partial charge in [0.05, 0.1) is 5.69 Å². The predicted molar refractivity (Wildman–Crippen MR) is 72.1 cm³/mol. The summed E-state index contributed by atoms with van der Waals surface area (Å²) in [6.45, 7) is 3.01. The Balaban J connectivity index is 2.14. The van der Waals surface area contributed by atoms with Gasteiger partial charge in [0.15, 0.2) is 6.29 Å². The Kier molecular flexibility index (Phi) is 4.64. The van der Waals surface area contributed by atoms with Gasteiger partial charge < -0.3 is 0 Å². The van der Waals surface area contributed by atoms with E-state index in [9.17, 15) is 4.79 Å². The first-order valence-corrected chi connectivity index (χ1v) is 7.13. The number of carbonyl (C=O) groups excluding carboxylic acids is 1. The van der Waals surface area contributed by atoms with E-state index in [0.717, 1.165) is 31.4 Å². The highest BCUT2D eigenvalue weighted by molar-refractivity contribution is 7.09. The summed E-state index contributed by atoms with van der Waals surface area (Å²) in [5, 5.41) is 10.1. The molecule has 0 fully saturated rings. The lowest BCUT2D eigenvalue weighted by Gasteiger charge is -2.05. The van der Waals surface area contributed by atoms with Gasteiger partial charge in [-0.15, -0.1) is 16.4 Å². The van der Waals surface area contributed by atoms with Crippen molar-refractivity contribution in [2.45, 2.75) is 39.2 Å². The summed E-state index contributed by atoms with van der Waals surface area (Å²) in [5.74, 6) is 0. The predicted octanol–water partition coefficient (Wildman–Crippen LogP) is 2.93. The summed E-state index contributed by atoms with van der Waals surface area (Å²) < 4.78 is 1.87. The fraction of sp³-hybridized carbons (Fsp3) is 0.462. The van der Waals surface area contributed by atoms with Crippen LogP contribution in [0.25, 0.3) is 0 Å². The molecule has 4 nitrogen and oxygen atoms in total. The molecule has 2 heterocycles. The first-order chi connectivity index (χ1) is 8.85. The maximum absolute atomic E-state index is 11.0. The van der Waals surface area contributed by atoms with Gasteiger partial charge in [0.2, 0.25) is 0 Å². The van der Waals surface area contributed by atoms with Gasteiger partial charge in [-0.25, -0.2) is 4.68 Å². The molecule has 0 aromatic carbocycles. The van der Waals surface area contributed by atoms with Crippen LogP contribution in [-0.2, 0) is 13.0 Å². The molecule has 2 rings (SSSR count). The molecule has 0 spiro atoms. The minimum absolute atomic E-state index is 0.472. The highest BCUT2D eigenvalue weighted by atomic mass is 32.1. The lowest BCUT2D eigenvalue weighted by Crippen LogP contribution is -2.06. The van der Waals surface area contributed by atoms with Gasteiger partial charge in [-0.1, -0.05) is 31.0 Å². The molecule has 18 heavy (non-hydrogen) atoms. The lowest BCUT2D eigenvalue weighted by atomic mass is 10.2. The van der Waals surface area contributed by atoms with Gasteiger partial charge in [-0.3, -0.25) is 4.79 Å². The fourth-order valence-corrected chi connectivity index (χ4v) is 2.60. The van der Waals surface area contributed by atoms with Gasteiger partial charge in [-0.05, 0) is 17.9 Å². The average Bonchev–Trinajstić information content (AvgIpc) is 3.01. The van der Waals surface area contributed by atoms with Crippen molar-refractivity contribution < 1.29 is 4.79 Å². The molecule has 96 valence electrons. The Morgan fingerprint density at radius 1 is 1.44 bits per heavy atom. The van der Waals surface area contributed by atoms with Crippen LogP contribution < -0.4 is 0 Å². The number of hydrogen-bond acceptors (Lipinski definition) is 4. The second kappa shape index (κ2) is 6.44. The number of thiophene rings is 1. The minimum atomic E-state index is 0.472. The summed E-state index contributed by atoms with van der Waals surface area (Å²) in [6.07, 6.45) is 4.97. The molecule has 0 saturated heterocycles. The molecule has 0 amide bonds. The highest BCUT2D eigenvalue weighted by Crippen LogP contribution is 2.16. The van der Waals surface area contributed by atoms with E-state index in [-0.39, 0.29) is 0 Å². The first kappa shape index (κ1) is 13.0. The largest absolute Gasteiger partial charge is 0.296 e. The molecule has 0 N–H and O–H groups in total. The van der Waals surface area contributed by atoms with E-state index in [1.54, 1.807) is 11.3 Å². The van der Waals surface area contributed by atoms with Gasteiger partial charge in [0.25, 0.3) is 0 Å².